The van der Waals surface area contributed by atoms with Crippen molar-refractivity contribution in [3.63, 3.8) is 0 Å². The predicted octanol–water partition coefficient (Wildman–Crippen LogP) is 4.79. The highest BCUT2D eigenvalue weighted by molar-refractivity contribution is 6.00. The van der Waals surface area contributed by atoms with E-state index in [1.54, 1.807) is 6.08 Å². The van der Waals surface area contributed by atoms with Gasteiger partial charge >= 0.3 is 0 Å². The number of allylic oxidation sites excluding steroid dienone is 1. The Balaban J connectivity index is 1.93. The lowest BCUT2D eigenvalue weighted by Gasteiger charge is -2.11. The van der Waals surface area contributed by atoms with Gasteiger partial charge in [0, 0.05) is 18.5 Å². The number of fused-ring (bicyclic) bond motifs is 1. The second kappa shape index (κ2) is 8.58. The Morgan fingerprint density at radius 3 is 2.67 bits per heavy atom. The van der Waals surface area contributed by atoms with Gasteiger partial charge in [0.2, 0.25) is 0 Å². The highest BCUT2D eigenvalue weighted by Crippen LogP contribution is 2.30. The van der Waals surface area contributed by atoms with Gasteiger partial charge in [-0.1, -0.05) is 56.3 Å². The van der Waals surface area contributed by atoms with Gasteiger partial charge in [0.1, 0.15) is 18.1 Å². The van der Waals surface area contributed by atoms with E-state index < -0.39 is 0 Å². The molecule has 0 aliphatic carbocycles. The number of aromatic nitrogens is 1. The van der Waals surface area contributed by atoms with Gasteiger partial charge in [-0.25, -0.2) is 0 Å². The van der Waals surface area contributed by atoms with Gasteiger partial charge in [-0.2, -0.15) is 0 Å². The first-order valence-electron chi connectivity index (χ1n) is 9.28. The summed E-state index contributed by atoms with van der Waals surface area (Å²) in [6, 6.07) is 17.9. The van der Waals surface area contributed by atoms with Gasteiger partial charge < -0.3 is 14.6 Å². The maximum absolute atomic E-state index is 12.7. The normalized spacial score (nSPS) is 10.9. The molecule has 0 aliphatic rings. The van der Waals surface area contributed by atoms with E-state index in [0.29, 0.717) is 31.3 Å². The van der Waals surface area contributed by atoms with Crippen molar-refractivity contribution in [3.8, 4) is 5.75 Å². The quantitative estimate of drug-likeness (QED) is 0.585. The molecule has 0 spiro atoms. The standard InChI is InChI=1S/C23H26N2O2/c1-4-13-25-20-11-8-12-22(27-16-18-9-6-5-7-10-18)19(20)14-21(25)23(26)24-15-17(2)3/h4-12,14,17H,1,13,15-16H2,2-3H3,(H,24,26). The van der Waals surface area contributed by atoms with Crippen molar-refractivity contribution in [1.82, 2.24) is 9.88 Å². The van der Waals surface area contributed by atoms with Crippen molar-refractivity contribution < 1.29 is 9.53 Å². The van der Waals surface area contributed by atoms with Crippen LogP contribution in [0.25, 0.3) is 10.9 Å². The fourth-order valence-electron chi connectivity index (χ4n) is 3.02. The summed E-state index contributed by atoms with van der Waals surface area (Å²) in [5, 5.41) is 3.94. The van der Waals surface area contributed by atoms with E-state index in [-0.39, 0.29) is 5.91 Å². The molecular formula is C23H26N2O2. The Hall–Kier alpha value is -3.01. The third-order valence-corrected chi connectivity index (χ3v) is 4.36. The molecule has 1 aromatic heterocycles. The van der Waals surface area contributed by atoms with Crippen LogP contribution in [-0.2, 0) is 13.2 Å². The summed E-state index contributed by atoms with van der Waals surface area (Å²) < 4.78 is 8.04. The Labute approximate surface area is 160 Å². The molecule has 0 saturated heterocycles. The molecule has 0 aliphatic heterocycles. The lowest BCUT2D eigenvalue weighted by molar-refractivity contribution is 0.0940. The highest BCUT2D eigenvalue weighted by Gasteiger charge is 2.17. The molecule has 140 valence electrons. The largest absolute Gasteiger partial charge is 0.488 e. The van der Waals surface area contributed by atoms with E-state index in [1.807, 2.05) is 59.2 Å². The van der Waals surface area contributed by atoms with Crippen molar-refractivity contribution in [3.05, 3.63) is 78.5 Å². The summed E-state index contributed by atoms with van der Waals surface area (Å²) >= 11 is 0. The maximum Gasteiger partial charge on any atom is 0.267 e. The van der Waals surface area contributed by atoms with E-state index in [1.165, 1.54) is 0 Å². The van der Waals surface area contributed by atoms with Crippen LogP contribution in [0.1, 0.15) is 29.9 Å². The van der Waals surface area contributed by atoms with Crippen LogP contribution in [0.15, 0.2) is 67.3 Å². The van der Waals surface area contributed by atoms with E-state index in [2.05, 4.69) is 25.7 Å². The summed E-state index contributed by atoms with van der Waals surface area (Å²) in [6.07, 6.45) is 1.80. The number of benzene rings is 2. The number of carbonyl (C=O) groups excluding carboxylic acids is 1. The lowest BCUT2D eigenvalue weighted by atomic mass is 10.2. The van der Waals surface area contributed by atoms with Crippen molar-refractivity contribution in [2.24, 2.45) is 5.92 Å². The van der Waals surface area contributed by atoms with E-state index in [4.69, 9.17) is 4.74 Å². The summed E-state index contributed by atoms with van der Waals surface area (Å²) in [5.41, 5.74) is 2.70. The van der Waals surface area contributed by atoms with Crippen LogP contribution in [0.5, 0.6) is 5.75 Å². The first-order chi connectivity index (χ1) is 13.1. The Bertz CT molecular complexity index is 926. The first-order valence-corrected chi connectivity index (χ1v) is 9.28. The third kappa shape index (κ3) is 4.40. The molecule has 27 heavy (non-hydrogen) atoms. The number of amides is 1. The minimum Gasteiger partial charge on any atom is -0.488 e. The average molecular weight is 362 g/mol. The molecule has 1 heterocycles. The van der Waals surface area contributed by atoms with E-state index >= 15 is 0 Å². The van der Waals surface area contributed by atoms with Crippen molar-refractivity contribution >= 4 is 16.8 Å². The second-order valence-electron chi connectivity index (χ2n) is 7.00. The highest BCUT2D eigenvalue weighted by atomic mass is 16.5. The van der Waals surface area contributed by atoms with Crippen LogP contribution in [0, 0.1) is 5.92 Å². The van der Waals surface area contributed by atoms with Crippen LogP contribution in [0.3, 0.4) is 0 Å². The molecule has 1 N–H and O–H groups in total. The molecule has 2 aromatic carbocycles. The Kier molecular flexibility index (Phi) is 5.97. The maximum atomic E-state index is 12.7. The molecular weight excluding hydrogens is 336 g/mol. The predicted molar refractivity (Wildman–Crippen MR) is 110 cm³/mol. The molecule has 4 nitrogen and oxygen atoms in total. The van der Waals surface area contributed by atoms with Crippen LogP contribution < -0.4 is 10.1 Å². The monoisotopic (exact) mass is 362 g/mol. The number of ether oxygens (including phenoxy) is 1. The molecule has 4 heteroatoms. The smallest absolute Gasteiger partial charge is 0.267 e. The SMILES string of the molecule is C=CCn1c(C(=O)NCC(C)C)cc2c(OCc3ccccc3)cccc21. The molecule has 0 bridgehead atoms. The summed E-state index contributed by atoms with van der Waals surface area (Å²) in [5.74, 6) is 1.10. The van der Waals surface area contributed by atoms with Crippen LogP contribution >= 0.6 is 0 Å². The molecule has 0 radical (unpaired) electrons. The molecule has 0 saturated carbocycles. The van der Waals surface area contributed by atoms with E-state index in [9.17, 15) is 4.79 Å². The molecule has 3 rings (SSSR count). The fraction of sp³-hybridized carbons (Fsp3) is 0.261. The Morgan fingerprint density at radius 2 is 1.96 bits per heavy atom. The molecule has 0 fully saturated rings. The summed E-state index contributed by atoms with van der Waals surface area (Å²) in [4.78, 5) is 12.7. The fourth-order valence-corrected chi connectivity index (χ4v) is 3.02. The topological polar surface area (TPSA) is 43.3 Å². The zero-order valence-corrected chi connectivity index (χ0v) is 15.9. The van der Waals surface area contributed by atoms with E-state index in [0.717, 1.165) is 22.2 Å². The number of carbonyl (C=O) groups is 1. The van der Waals surface area contributed by atoms with Crippen molar-refractivity contribution in [1.29, 1.82) is 0 Å². The number of hydrogen-bond donors (Lipinski definition) is 1. The molecule has 0 atom stereocenters. The minimum atomic E-state index is -0.0734. The molecule has 0 unspecified atom stereocenters. The lowest BCUT2D eigenvalue weighted by Crippen LogP contribution is -2.29. The van der Waals surface area contributed by atoms with Gasteiger partial charge in [-0.3, -0.25) is 4.79 Å². The van der Waals surface area contributed by atoms with Gasteiger partial charge in [-0.05, 0) is 29.7 Å². The first kappa shape index (κ1) is 18.8. The second-order valence-corrected chi connectivity index (χ2v) is 7.00. The summed E-state index contributed by atoms with van der Waals surface area (Å²) in [7, 11) is 0. The molecule has 3 aromatic rings. The van der Waals surface area contributed by atoms with Gasteiger partial charge in [0.05, 0.1) is 5.52 Å². The van der Waals surface area contributed by atoms with Gasteiger partial charge in [0.15, 0.2) is 0 Å². The summed E-state index contributed by atoms with van der Waals surface area (Å²) in [6.45, 7) is 9.69. The van der Waals surface area contributed by atoms with Gasteiger partial charge in [0.25, 0.3) is 5.91 Å². The van der Waals surface area contributed by atoms with Crippen molar-refractivity contribution in [2.45, 2.75) is 27.0 Å². The van der Waals surface area contributed by atoms with Crippen molar-refractivity contribution in [2.75, 3.05) is 6.54 Å². The average Bonchev–Trinajstić information content (AvgIpc) is 3.05. The number of nitrogens with zero attached hydrogens (tertiary/aromatic N) is 1. The van der Waals surface area contributed by atoms with Crippen LogP contribution in [0.2, 0.25) is 0 Å². The number of nitrogens with one attached hydrogen (secondary N) is 1. The van der Waals surface area contributed by atoms with Crippen LogP contribution in [-0.4, -0.2) is 17.0 Å². The minimum absolute atomic E-state index is 0.0734. The van der Waals surface area contributed by atoms with Crippen LogP contribution in [0.4, 0.5) is 0 Å². The zero-order chi connectivity index (χ0) is 19.2. The Morgan fingerprint density at radius 1 is 1.19 bits per heavy atom. The zero-order valence-electron chi connectivity index (χ0n) is 15.9. The number of rotatable bonds is 8. The molecule has 1 amide bonds. The van der Waals surface area contributed by atoms with Gasteiger partial charge in [-0.15, -0.1) is 6.58 Å². The number of hydrogen-bond acceptors (Lipinski definition) is 2. The third-order valence-electron chi connectivity index (χ3n) is 4.36.